The molecule has 0 aromatic heterocycles. The van der Waals surface area contributed by atoms with Crippen molar-refractivity contribution < 1.29 is 5.11 Å². The Kier molecular flexibility index (Phi) is 5.38. The maximum atomic E-state index is 10.5. The lowest BCUT2D eigenvalue weighted by molar-refractivity contribution is 0.219. The molecular formula is C18H21BrO. The summed E-state index contributed by atoms with van der Waals surface area (Å²) in [7, 11) is 0. The van der Waals surface area contributed by atoms with E-state index in [1.807, 2.05) is 37.3 Å². The summed E-state index contributed by atoms with van der Waals surface area (Å²) in [5.41, 5.74) is 4.36. The number of unbranched alkanes of at least 4 members (excludes halogenated alkanes) is 1. The van der Waals surface area contributed by atoms with Crippen molar-refractivity contribution in [3.8, 4) is 0 Å². The molecule has 1 N–H and O–H groups in total. The molecule has 1 nitrogen and oxygen atoms in total. The topological polar surface area (TPSA) is 20.2 Å². The number of hydrogen-bond donors (Lipinski definition) is 1. The van der Waals surface area contributed by atoms with Crippen LogP contribution in [0.4, 0.5) is 0 Å². The summed E-state index contributed by atoms with van der Waals surface area (Å²) in [4.78, 5) is 0. The van der Waals surface area contributed by atoms with Gasteiger partial charge in [-0.3, -0.25) is 0 Å². The molecule has 0 aliphatic heterocycles. The zero-order chi connectivity index (χ0) is 14.5. The molecule has 0 fully saturated rings. The number of hydrogen-bond acceptors (Lipinski definition) is 1. The molecule has 0 bridgehead atoms. The third kappa shape index (κ3) is 3.71. The Balaban J connectivity index is 2.20. The SMILES string of the molecule is CCCCc1ccc(C(O)c2cc(C)ccc2Br)cc1. The van der Waals surface area contributed by atoms with E-state index in [2.05, 4.69) is 35.0 Å². The summed E-state index contributed by atoms with van der Waals surface area (Å²) in [6, 6.07) is 14.4. The second-order valence-corrected chi connectivity index (χ2v) is 6.13. The predicted octanol–water partition coefficient (Wildman–Crippen LogP) is 5.18. The average molecular weight is 333 g/mol. The summed E-state index contributed by atoms with van der Waals surface area (Å²) in [6.45, 7) is 4.24. The van der Waals surface area contributed by atoms with Crippen molar-refractivity contribution in [2.75, 3.05) is 0 Å². The van der Waals surface area contributed by atoms with Gasteiger partial charge in [-0.1, -0.05) is 71.2 Å². The van der Waals surface area contributed by atoms with Gasteiger partial charge in [-0.15, -0.1) is 0 Å². The van der Waals surface area contributed by atoms with Crippen LogP contribution in [0.1, 0.15) is 48.1 Å². The summed E-state index contributed by atoms with van der Waals surface area (Å²) < 4.78 is 0.950. The van der Waals surface area contributed by atoms with Crippen molar-refractivity contribution in [2.24, 2.45) is 0 Å². The second kappa shape index (κ2) is 7.05. The van der Waals surface area contributed by atoms with Gasteiger partial charge in [0.1, 0.15) is 6.10 Å². The lowest BCUT2D eigenvalue weighted by atomic mass is 9.98. The highest BCUT2D eigenvalue weighted by molar-refractivity contribution is 9.10. The van der Waals surface area contributed by atoms with E-state index in [0.29, 0.717) is 0 Å². The van der Waals surface area contributed by atoms with Gasteiger partial charge in [0.15, 0.2) is 0 Å². The van der Waals surface area contributed by atoms with E-state index in [1.165, 1.54) is 18.4 Å². The van der Waals surface area contributed by atoms with Crippen LogP contribution in [0.5, 0.6) is 0 Å². The van der Waals surface area contributed by atoms with Gasteiger partial charge in [0.2, 0.25) is 0 Å². The first kappa shape index (κ1) is 15.3. The van der Waals surface area contributed by atoms with Crippen molar-refractivity contribution in [2.45, 2.75) is 39.2 Å². The molecule has 0 heterocycles. The van der Waals surface area contributed by atoms with E-state index in [9.17, 15) is 5.11 Å². The Hall–Kier alpha value is -1.12. The second-order valence-electron chi connectivity index (χ2n) is 5.27. The molecule has 0 amide bonds. The van der Waals surface area contributed by atoms with Crippen molar-refractivity contribution in [3.05, 3.63) is 69.2 Å². The van der Waals surface area contributed by atoms with Gasteiger partial charge in [0.25, 0.3) is 0 Å². The molecule has 2 rings (SSSR count). The fourth-order valence-electron chi connectivity index (χ4n) is 2.30. The highest BCUT2D eigenvalue weighted by Crippen LogP contribution is 2.29. The van der Waals surface area contributed by atoms with Crippen LogP contribution in [-0.4, -0.2) is 5.11 Å². The Labute approximate surface area is 129 Å². The fraction of sp³-hybridized carbons (Fsp3) is 0.333. The van der Waals surface area contributed by atoms with E-state index < -0.39 is 6.10 Å². The van der Waals surface area contributed by atoms with E-state index in [-0.39, 0.29) is 0 Å². The van der Waals surface area contributed by atoms with Crippen molar-refractivity contribution >= 4 is 15.9 Å². The highest BCUT2D eigenvalue weighted by Gasteiger charge is 2.13. The number of aryl methyl sites for hydroxylation is 2. The number of rotatable bonds is 5. The molecule has 20 heavy (non-hydrogen) atoms. The quantitative estimate of drug-likeness (QED) is 0.799. The van der Waals surface area contributed by atoms with Crippen LogP contribution in [0.2, 0.25) is 0 Å². The van der Waals surface area contributed by atoms with Crippen LogP contribution in [0, 0.1) is 6.92 Å². The number of aliphatic hydroxyl groups excluding tert-OH is 1. The Morgan fingerprint density at radius 3 is 2.45 bits per heavy atom. The summed E-state index contributed by atoms with van der Waals surface area (Å²) in [6.07, 6.45) is 2.96. The van der Waals surface area contributed by atoms with Crippen LogP contribution in [0.3, 0.4) is 0 Å². The molecule has 1 atom stereocenters. The van der Waals surface area contributed by atoms with E-state index in [1.54, 1.807) is 0 Å². The maximum Gasteiger partial charge on any atom is 0.105 e. The minimum absolute atomic E-state index is 0.579. The van der Waals surface area contributed by atoms with Gasteiger partial charge in [-0.2, -0.15) is 0 Å². The van der Waals surface area contributed by atoms with Crippen LogP contribution in [-0.2, 0) is 6.42 Å². The molecule has 0 aliphatic rings. The molecular weight excluding hydrogens is 312 g/mol. The fourth-order valence-corrected chi connectivity index (χ4v) is 2.76. The number of benzene rings is 2. The van der Waals surface area contributed by atoms with Gasteiger partial charge in [-0.05, 0) is 42.5 Å². The molecule has 2 aromatic carbocycles. The van der Waals surface area contributed by atoms with Gasteiger partial charge in [0.05, 0.1) is 0 Å². The van der Waals surface area contributed by atoms with Crippen molar-refractivity contribution in [1.29, 1.82) is 0 Å². The zero-order valence-electron chi connectivity index (χ0n) is 12.1. The smallest absolute Gasteiger partial charge is 0.105 e. The molecule has 106 valence electrons. The normalized spacial score (nSPS) is 12.4. The van der Waals surface area contributed by atoms with Crippen LogP contribution >= 0.6 is 15.9 Å². The Morgan fingerprint density at radius 2 is 1.80 bits per heavy atom. The first-order valence-electron chi connectivity index (χ1n) is 7.14. The average Bonchev–Trinajstić information content (AvgIpc) is 2.47. The molecule has 0 saturated carbocycles. The lowest BCUT2D eigenvalue weighted by Crippen LogP contribution is -2.01. The van der Waals surface area contributed by atoms with E-state index >= 15 is 0 Å². The van der Waals surface area contributed by atoms with Crippen LogP contribution in [0.25, 0.3) is 0 Å². The van der Waals surface area contributed by atoms with E-state index in [4.69, 9.17) is 0 Å². The van der Waals surface area contributed by atoms with Crippen molar-refractivity contribution in [1.82, 2.24) is 0 Å². The van der Waals surface area contributed by atoms with Gasteiger partial charge < -0.3 is 5.11 Å². The first-order chi connectivity index (χ1) is 9.61. The molecule has 0 saturated heterocycles. The summed E-state index contributed by atoms with van der Waals surface area (Å²) >= 11 is 3.52. The maximum absolute atomic E-state index is 10.5. The summed E-state index contributed by atoms with van der Waals surface area (Å²) in [5, 5.41) is 10.5. The first-order valence-corrected chi connectivity index (χ1v) is 7.94. The summed E-state index contributed by atoms with van der Waals surface area (Å²) in [5.74, 6) is 0. The van der Waals surface area contributed by atoms with Crippen LogP contribution in [0.15, 0.2) is 46.9 Å². The Bertz CT molecular complexity index is 560. The lowest BCUT2D eigenvalue weighted by Gasteiger charge is -2.14. The third-order valence-corrected chi connectivity index (χ3v) is 4.28. The predicted molar refractivity (Wildman–Crippen MR) is 88.0 cm³/mol. The van der Waals surface area contributed by atoms with Crippen molar-refractivity contribution in [3.63, 3.8) is 0 Å². The van der Waals surface area contributed by atoms with E-state index in [0.717, 1.165) is 27.6 Å². The minimum Gasteiger partial charge on any atom is -0.384 e. The molecule has 2 aromatic rings. The Morgan fingerprint density at radius 1 is 1.10 bits per heavy atom. The molecule has 0 radical (unpaired) electrons. The number of aliphatic hydroxyl groups is 1. The molecule has 0 spiro atoms. The number of halogens is 1. The largest absolute Gasteiger partial charge is 0.384 e. The van der Waals surface area contributed by atoms with Crippen LogP contribution < -0.4 is 0 Å². The molecule has 0 aliphatic carbocycles. The molecule has 1 unspecified atom stereocenters. The molecule has 2 heteroatoms. The minimum atomic E-state index is -0.579. The highest BCUT2D eigenvalue weighted by atomic mass is 79.9. The van der Waals surface area contributed by atoms with Gasteiger partial charge in [-0.25, -0.2) is 0 Å². The third-order valence-electron chi connectivity index (χ3n) is 3.56. The standard InChI is InChI=1S/C18H21BrO/c1-3-4-5-14-7-9-15(10-8-14)18(20)16-12-13(2)6-11-17(16)19/h6-12,18,20H,3-5H2,1-2H3. The van der Waals surface area contributed by atoms with Gasteiger partial charge >= 0.3 is 0 Å². The van der Waals surface area contributed by atoms with Gasteiger partial charge in [0, 0.05) is 4.47 Å². The zero-order valence-corrected chi connectivity index (χ0v) is 13.7. The monoisotopic (exact) mass is 332 g/mol.